The van der Waals surface area contributed by atoms with Crippen LogP contribution in [0.25, 0.3) is 21.5 Å². The number of fused-ring (bicyclic) bond motifs is 1. The Kier molecular flexibility index (Phi) is 6.19. The summed E-state index contributed by atoms with van der Waals surface area (Å²) in [5.41, 5.74) is 2.94. The first-order chi connectivity index (χ1) is 16.8. The molecule has 0 N–H and O–H groups in total. The number of carbonyl (C=O) groups is 1. The van der Waals surface area contributed by atoms with Crippen molar-refractivity contribution in [2.45, 2.75) is 45.1 Å². The number of hydrogen-bond acceptors (Lipinski definition) is 5. The van der Waals surface area contributed by atoms with Crippen molar-refractivity contribution < 1.29 is 22.7 Å². The van der Waals surface area contributed by atoms with Crippen LogP contribution in [0, 0.1) is 6.92 Å². The molecule has 0 atom stereocenters. The number of nitrogens with zero attached hydrogens (tertiary/aromatic N) is 3. The molecule has 0 bridgehead atoms. The van der Waals surface area contributed by atoms with E-state index in [1.165, 1.54) is 23.6 Å². The largest absolute Gasteiger partial charge is 0.573 e. The van der Waals surface area contributed by atoms with Crippen LogP contribution in [0.4, 0.5) is 13.2 Å². The average molecular weight is 498 g/mol. The van der Waals surface area contributed by atoms with Gasteiger partial charge in [-0.3, -0.25) is 9.78 Å². The second kappa shape index (κ2) is 9.30. The van der Waals surface area contributed by atoms with Crippen molar-refractivity contribution in [3.05, 3.63) is 76.9 Å². The van der Waals surface area contributed by atoms with Crippen molar-refractivity contribution in [3.63, 3.8) is 0 Å². The Morgan fingerprint density at radius 1 is 1.11 bits per heavy atom. The molecule has 0 saturated heterocycles. The number of benzene rings is 2. The zero-order valence-corrected chi connectivity index (χ0v) is 19.7. The molecule has 0 aliphatic heterocycles. The van der Waals surface area contributed by atoms with E-state index in [2.05, 4.69) is 14.7 Å². The van der Waals surface area contributed by atoms with Crippen LogP contribution in [-0.4, -0.2) is 33.2 Å². The van der Waals surface area contributed by atoms with Crippen LogP contribution in [0.2, 0.25) is 0 Å². The number of halogens is 3. The van der Waals surface area contributed by atoms with E-state index in [1.807, 2.05) is 41.3 Å². The highest BCUT2D eigenvalue weighted by Gasteiger charge is 2.32. The number of para-hydroxylation sites is 2. The Balaban J connectivity index is 1.36. The lowest BCUT2D eigenvalue weighted by Gasteiger charge is -2.37. The summed E-state index contributed by atoms with van der Waals surface area (Å²) in [7, 11) is 0. The highest BCUT2D eigenvalue weighted by atomic mass is 32.1. The molecule has 1 saturated carbocycles. The Morgan fingerprint density at radius 3 is 2.57 bits per heavy atom. The summed E-state index contributed by atoms with van der Waals surface area (Å²) in [6.45, 7) is 2.03. The minimum atomic E-state index is -4.73. The van der Waals surface area contributed by atoms with Gasteiger partial charge in [-0.25, -0.2) is 4.98 Å². The minimum absolute atomic E-state index is 0.146. The van der Waals surface area contributed by atoms with Crippen molar-refractivity contribution in [2.75, 3.05) is 0 Å². The lowest BCUT2D eigenvalue weighted by molar-refractivity contribution is -0.274. The molecule has 1 fully saturated rings. The van der Waals surface area contributed by atoms with Crippen molar-refractivity contribution >= 4 is 28.3 Å². The molecule has 2 heterocycles. The molecule has 0 spiro atoms. The minimum Gasteiger partial charge on any atom is -0.406 e. The van der Waals surface area contributed by atoms with E-state index in [-0.39, 0.29) is 17.7 Å². The third kappa shape index (κ3) is 5.14. The van der Waals surface area contributed by atoms with Gasteiger partial charge in [0.2, 0.25) is 0 Å². The predicted molar refractivity (Wildman–Crippen MR) is 128 cm³/mol. The van der Waals surface area contributed by atoms with E-state index < -0.39 is 6.36 Å². The van der Waals surface area contributed by atoms with E-state index in [9.17, 15) is 18.0 Å². The van der Waals surface area contributed by atoms with E-state index in [1.54, 1.807) is 19.1 Å². The molecule has 2 aromatic carbocycles. The second-order valence-electron chi connectivity index (χ2n) is 8.56. The van der Waals surface area contributed by atoms with Gasteiger partial charge in [0.15, 0.2) is 0 Å². The van der Waals surface area contributed by atoms with Crippen LogP contribution < -0.4 is 4.74 Å². The molecule has 9 heteroatoms. The normalized spacial score (nSPS) is 14.1. The average Bonchev–Trinajstić information content (AvgIpc) is 3.26. The smallest absolute Gasteiger partial charge is 0.406 e. The van der Waals surface area contributed by atoms with Gasteiger partial charge in [0, 0.05) is 15.8 Å². The van der Waals surface area contributed by atoms with Crippen molar-refractivity contribution in [2.24, 2.45) is 0 Å². The number of carbonyl (C=O) groups excluding carboxylic acids is 1. The molecule has 0 unspecified atom stereocenters. The lowest BCUT2D eigenvalue weighted by Crippen LogP contribution is -2.43. The maximum atomic E-state index is 13.4. The predicted octanol–water partition coefficient (Wildman–Crippen LogP) is 6.76. The van der Waals surface area contributed by atoms with Crippen LogP contribution in [-0.2, 0) is 6.54 Å². The van der Waals surface area contributed by atoms with Gasteiger partial charge in [-0.15, -0.1) is 24.5 Å². The van der Waals surface area contributed by atoms with Crippen molar-refractivity contribution in [3.8, 4) is 16.2 Å². The fraction of sp³-hybridized carbons (Fsp3) is 0.269. The van der Waals surface area contributed by atoms with E-state index in [0.29, 0.717) is 23.3 Å². The van der Waals surface area contributed by atoms with E-state index in [0.717, 1.165) is 40.1 Å². The quantitative estimate of drug-likeness (QED) is 0.295. The van der Waals surface area contributed by atoms with Gasteiger partial charge in [0.25, 0.3) is 5.91 Å². The molecule has 4 aromatic rings. The number of aromatic nitrogens is 2. The van der Waals surface area contributed by atoms with Crippen molar-refractivity contribution in [1.29, 1.82) is 0 Å². The molecule has 1 aliphatic carbocycles. The van der Waals surface area contributed by atoms with Crippen LogP contribution >= 0.6 is 11.3 Å². The standard InChI is InChI=1S/C26H22F3N3O2S/c1-16-13-17(9-11-23(16)34-26(27,28)29)24-12-10-19(35-24)15-32(18-5-4-6-18)25(33)22-14-30-20-7-2-3-8-21(20)31-22/h2-3,7-14,18H,4-6,15H2,1H3. The summed E-state index contributed by atoms with van der Waals surface area (Å²) < 4.78 is 41.8. The van der Waals surface area contributed by atoms with Gasteiger partial charge >= 0.3 is 6.36 Å². The summed E-state index contributed by atoms with van der Waals surface area (Å²) in [4.78, 5) is 26.1. The molecule has 5 nitrogen and oxygen atoms in total. The molecular formula is C26H22F3N3O2S. The summed E-state index contributed by atoms with van der Waals surface area (Å²) in [5, 5.41) is 0. The zero-order chi connectivity index (χ0) is 24.6. The van der Waals surface area contributed by atoms with Gasteiger partial charge in [-0.05, 0) is 79.8 Å². The fourth-order valence-electron chi connectivity index (χ4n) is 4.10. The first-order valence-corrected chi connectivity index (χ1v) is 12.1. The molecule has 35 heavy (non-hydrogen) atoms. The number of thiophene rings is 1. The van der Waals surface area contributed by atoms with E-state index in [4.69, 9.17) is 0 Å². The highest BCUT2D eigenvalue weighted by molar-refractivity contribution is 7.15. The van der Waals surface area contributed by atoms with Crippen LogP contribution in [0.1, 0.15) is 40.2 Å². The van der Waals surface area contributed by atoms with E-state index >= 15 is 0 Å². The SMILES string of the molecule is Cc1cc(-c2ccc(CN(C(=O)c3cnc4ccccc4n3)C3CCC3)s2)ccc1OC(F)(F)F. The van der Waals surface area contributed by atoms with Crippen LogP contribution in [0.15, 0.2) is 60.8 Å². The molecule has 180 valence electrons. The highest BCUT2D eigenvalue weighted by Crippen LogP contribution is 2.35. The Hall–Kier alpha value is -3.46. The molecule has 1 aliphatic rings. The number of alkyl halides is 3. The number of rotatable bonds is 6. The van der Waals surface area contributed by atoms with Crippen LogP contribution in [0.5, 0.6) is 5.75 Å². The van der Waals surface area contributed by atoms with Gasteiger partial charge < -0.3 is 9.64 Å². The molecule has 2 aromatic heterocycles. The van der Waals surface area contributed by atoms with Gasteiger partial charge in [-0.1, -0.05) is 12.1 Å². The Morgan fingerprint density at radius 2 is 1.89 bits per heavy atom. The second-order valence-corrected chi connectivity index (χ2v) is 9.72. The Bertz CT molecular complexity index is 1380. The number of hydrogen-bond donors (Lipinski definition) is 0. The van der Waals surface area contributed by atoms with Crippen LogP contribution in [0.3, 0.4) is 0 Å². The van der Waals surface area contributed by atoms with Gasteiger partial charge in [0.1, 0.15) is 11.4 Å². The number of ether oxygens (including phenoxy) is 1. The number of aryl methyl sites for hydroxylation is 1. The molecule has 0 radical (unpaired) electrons. The first-order valence-electron chi connectivity index (χ1n) is 11.2. The summed E-state index contributed by atoms with van der Waals surface area (Å²) in [5.74, 6) is -0.358. The first kappa shape index (κ1) is 23.3. The Labute approximate surface area is 204 Å². The molecule has 1 amide bonds. The topological polar surface area (TPSA) is 55.3 Å². The zero-order valence-electron chi connectivity index (χ0n) is 18.9. The van der Waals surface area contributed by atoms with Gasteiger partial charge in [-0.2, -0.15) is 0 Å². The molecular weight excluding hydrogens is 475 g/mol. The maximum absolute atomic E-state index is 13.4. The lowest BCUT2D eigenvalue weighted by atomic mass is 9.91. The number of amides is 1. The summed E-state index contributed by atoms with van der Waals surface area (Å²) in [6.07, 6.45) is -0.215. The fourth-order valence-corrected chi connectivity index (χ4v) is 5.10. The third-order valence-corrected chi connectivity index (χ3v) is 7.24. The summed E-state index contributed by atoms with van der Waals surface area (Å²) >= 11 is 1.52. The summed E-state index contributed by atoms with van der Waals surface area (Å²) in [6, 6.07) is 16.1. The van der Waals surface area contributed by atoms with Gasteiger partial charge in [0.05, 0.1) is 23.8 Å². The monoisotopic (exact) mass is 497 g/mol. The van der Waals surface area contributed by atoms with Crippen molar-refractivity contribution in [1.82, 2.24) is 14.9 Å². The third-order valence-electron chi connectivity index (χ3n) is 6.12. The maximum Gasteiger partial charge on any atom is 0.573 e. The molecule has 5 rings (SSSR count).